The third-order valence-corrected chi connectivity index (χ3v) is 13.7. The zero-order valence-corrected chi connectivity index (χ0v) is 25.3. The molecule has 0 radical (unpaired) electrons. The van der Waals surface area contributed by atoms with E-state index in [4.69, 9.17) is 0 Å². The fourth-order valence-corrected chi connectivity index (χ4v) is 13.1. The first-order valence-electron chi connectivity index (χ1n) is 14.4. The van der Waals surface area contributed by atoms with Gasteiger partial charge in [0.05, 0.1) is 11.6 Å². The summed E-state index contributed by atoms with van der Waals surface area (Å²) >= 11 is 0. The highest BCUT2D eigenvalue weighted by Gasteiger charge is 2.51. The molecule has 2 unspecified atom stereocenters. The van der Waals surface area contributed by atoms with Gasteiger partial charge in [-0.05, 0) is 28.2 Å². The number of hydrogen-bond acceptors (Lipinski definition) is 3. The first-order chi connectivity index (χ1) is 19.3. The quantitative estimate of drug-likeness (QED) is 0.172. The molecule has 2 atom stereocenters. The van der Waals surface area contributed by atoms with Crippen molar-refractivity contribution in [2.75, 3.05) is 19.6 Å². The molecular formula is C34H41N3P2. The van der Waals surface area contributed by atoms with Crippen molar-refractivity contribution in [2.24, 2.45) is 0 Å². The number of hydrazine groups is 1. The van der Waals surface area contributed by atoms with Gasteiger partial charge in [-0.25, -0.2) is 14.5 Å². The van der Waals surface area contributed by atoms with Gasteiger partial charge in [-0.15, -0.1) is 0 Å². The van der Waals surface area contributed by atoms with Crippen molar-refractivity contribution in [1.82, 2.24) is 14.5 Å². The van der Waals surface area contributed by atoms with Crippen LogP contribution in [0, 0.1) is 0 Å². The van der Waals surface area contributed by atoms with Gasteiger partial charge in [0.2, 0.25) is 0 Å². The SMILES string of the molecule is CCCCN(P(c1ccccc1)c1ccccc1)P1C(c2ccccc2)N(CC)N(CC)C1c1ccccc1. The molecule has 0 saturated carbocycles. The first kappa shape index (κ1) is 28.2. The van der Waals surface area contributed by atoms with Crippen LogP contribution in [0.5, 0.6) is 0 Å². The minimum atomic E-state index is -0.710. The second kappa shape index (κ2) is 13.8. The fourth-order valence-electron chi connectivity index (χ4n) is 5.72. The van der Waals surface area contributed by atoms with E-state index in [1.54, 1.807) is 0 Å². The van der Waals surface area contributed by atoms with E-state index >= 15 is 0 Å². The van der Waals surface area contributed by atoms with Crippen LogP contribution in [0.4, 0.5) is 0 Å². The molecule has 5 heteroatoms. The van der Waals surface area contributed by atoms with Crippen molar-refractivity contribution < 1.29 is 0 Å². The summed E-state index contributed by atoms with van der Waals surface area (Å²) < 4.78 is 2.98. The lowest BCUT2D eigenvalue weighted by Crippen LogP contribution is -2.38. The Balaban J connectivity index is 1.75. The zero-order chi connectivity index (χ0) is 27.0. The maximum atomic E-state index is 2.98. The van der Waals surface area contributed by atoms with E-state index in [-0.39, 0.29) is 0 Å². The van der Waals surface area contributed by atoms with E-state index in [0.717, 1.165) is 19.6 Å². The molecule has 0 aromatic heterocycles. The summed E-state index contributed by atoms with van der Waals surface area (Å²) in [6.45, 7) is 10.1. The molecule has 202 valence electrons. The fraction of sp³-hybridized carbons (Fsp3) is 0.294. The van der Waals surface area contributed by atoms with Gasteiger partial charge < -0.3 is 0 Å². The highest BCUT2D eigenvalue weighted by molar-refractivity contribution is 7.79. The summed E-state index contributed by atoms with van der Waals surface area (Å²) in [5.41, 5.74) is 2.86. The van der Waals surface area contributed by atoms with Crippen molar-refractivity contribution in [1.29, 1.82) is 0 Å². The monoisotopic (exact) mass is 553 g/mol. The summed E-state index contributed by atoms with van der Waals surface area (Å²) in [7, 11) is -1.37. The highest BCUT2D eigenvalue weighted by atomic mass is 31.2. The Morgan fingerprint density at radius 1 is 0.590 bits per heavy atom. The van der Waals surface area contributed by atoms with Crippen molar-refractivity contribution >= 4 is 26.8 Å². The van der Waals surface area contributed by atoms with Crippen LogP contribution in [0.3, 0.4) is 0 Å². The third kappa shape index (κ3) is 6.04. The lowest BCUT2D eigenvalue weighted by molar-refractivity contribution is -0.0191. The Labute approximate surface area is 238 Å². The molecule has 1 heterocycles. The Hall–Kier alpha value is -2.38. The normalized spacial score (nSPS) is 20.2. The van der Waals surface area contributed by atoms with Crippen LogP contribution in [-0.4, -0.2) is 34.1 Å². The van der Waals surface area contributed by atoms with E-state index in [0.29, 0.717) is 11.6 Å². The second-order valence-corrected chi connectivity index (χ2v) is 14.6. The van der Waals surface area contributed by atoms with Crippen LogP contribution in [0.2, 0.25) is 0 Å². The maximum Gasteiger partial charge on any atom is 0.0847 e. The van der Waals surface area contributed by atoms with Gasteiger partial charge in [-0.2, -0.15) is 0 Å². The van der Waals surface area contributed by atoms with Crippen molar-refractivity contribution in [3.05, 3.63) is 132 Å². The molecule has 0 N–H and O–H groups in total. The van der Waals surface area contributed by atoms with Crippen LogP contribution in [0.15, 0.2) is 121 Å². The van der Waals surface area contributed by atoms with E-state index in [9.17, 15) is 0 Å². The van der Waals surface area contributed by atoms with Crippen LogP contribution in [0.1, 0.15) is 56.3 Å². The number of nitrogens with zero attached hydrogens (tertiary/aromatic N) is 3. The molecular weight excluding hydrogens is 512 g/mol. The molecule has 5 rings (SSSR count). The standard InChI is InChI=1S/C34H41N3P2/c1-4-7-28-37(38(31-24-16-10-17-25-31)32-26-18-11-19-27-32)39-33(29-20-12-8-13-21-29)35(5-2)36(6-3)34(39)30-22-14-9-15-23-30/h8-27,33-34H,4-7,28H2,1-3H3. The molecule has 1 aliphatic rings. The zero-order valence-electron chi connectivity index (χ0n) is 23.5. The van der Waals surface area contributed by atoms with Gasteiger partial charge in [0, 0.05) is 35.8 Å². The number of rotatable bonds is 11. The summed E-state index contributed by atoms with van der Waals surface area (Å²) in [6.07, 6.45) is 2.38. The predicted molar refractivity (Wildman–Crippen MR) is 171 cm³/mol. The Morgan fingerprint density at radius 3 is 1.33 bits per heavy atom. The predicted octanol–water partition coefficient (Wildman–Crippen LogP) is 8.50. The summed E-state index contributed by atoms with van der Waals surface area (Å²) in [5, 5.41) is 8.24. The van der Waals surface area contributed by atoms with Crippen molar-refractivity contribution in [3.8, 4) is 0 Å². The van der Waals surface area contributed by atoms with Gasteiger partial charge >= 0.3 is 0 Å². The van der Waals surface area contributed by atoms with Crippen molar-refractivity contribution in [2.45, 2.75) is 45.2 Å². The number of hydrogen-bond donors (Lipinski definition) is 0. The van der Waals surface area contributed by atoms with Crippen molar-refractivity contribution in [3.63, 3.8) is 0 Å². The Morgan fingerprint density at radius 2 is 0.974 bits per heavy atom. The third-order valence-electron chi connectivity index (χ3n) is 7.45. The molecule has 4 aromatic rings. The minimum Gasteiger partial charge on any atom is -0.249 e. The highest BCUT2D eigenvalue weighted by Crippen LogP contribution is 2.75. The van der Waals surface area contributed by atoms with E-state index < -0.39 is 16.1 Å². The van der Waals surface area contributed by atoms with Gasteiger partial charge in [0.15, 0.2) is 0 Å². The molecule has 1 fully saturated rings. The maximum absolute atomic E-state index is 2.98. The summed E-state index contributed by atoms with van der Waals surface area (Å²) in [5.74, 6) is 0.649. The topological polar surface area (TPSA) is 9.72 Å². The van der Waals surface area contributed by atoms with Gasteiger partial charge in [-0.1, -0.05) is 149 Å². The first-order valence-corrected chi connectivity index (χ1v) is 17.1. The van der Waals surface area contributed by atoms with Gasteiger partial charge in [-0.3, -0.25) is 0 Å². The van der Waals surface area contributed by atoms with Crippen LogP contribution >= 0.6 is 16.1 Å². The van der Waals surface area contributed by atoms with E-state index in [1.165, 1.54) is 34.6 Å². The van der Waals surface area contributed by atoms with Crippen LogP contribution < -0.4 is 10.6 Å². The van der Waals surface area contributed by atoms with Crippen LogP contribution in [-0.2, 0) is 0 Å². The van der Waals surface area contributed by atoms with Crippen LogP contribution in [0.25, 0.3) is 0 Å². The lowest BCUT2D eigenvalue weighted by Gasteiger charge is -2.42. The second-order valence-electron chi connectivity index (χ2n) is 9.89. The molecule has 1 aliphatic heterocycles. The number of benzene rings is 4. The molecule has 0 aliphatic carbocycles. The molecule has 3 nitrogen and oxygen atoms in total. The van der Waals surface area contributed by atoms with Gasteiger partial charge in [0.25, 0.3) is 0 Å². The largest absolute Gasteiger partial charge is 0.249 e. The smallest absolute Gasteiger partial charge is 0.0847 e. The molecule has 0 bridgehead atoms. The summed E-state index contributed by atoms with van der Waals surface area (Å²) in [4.78, 5) is 0. The van der Waals surface area contributed by atoms with Gasteiger partial charge in [0.1, 0.15) is 0 Å². The molecule has 0 spiro atoms. The Kier molecular flexibility index (Phi) is 9.96. The van der Waals surface area contributed by atoms with E-state index in [2.05, 4.69) is 157 Å². The molecule has 4 aromatic carbocycles. The van der Waals surface area contributed by atoms with E-state index in [1.807, 2.05) is 0 Å². The summed E-state index contributed by atoms with van der Waals surface area (Å²) in [6, 6.07) is 45.2. The average Bonchev–Trinajstić information content (AvgIpc) is 3.35. The number of unbranched alkanes of at least 4 members (excludes halogenated alkanes) is 1. The molecule has 1 saturated heterocycles. The lowest BCUT2D eigenvalue weighted by atomic mass is 10.2. The Bertz CT molecular complexity index is 1160. The minimum absolute atomic E-state index is 0.325. The molecule has 0 amide bonds. The molecule has 39 heavy (non-hydrogen) atoms. The average molecular weight is 554 g/mol.